The van der Waals surface area contributed by atoms with E-state index in [0.29, 0.717) is 33.8 Å². The van der Waals surface area contributed by atoms with Crippen molar-refractivity contribution in [2.75, 3.05) is 18.4 Å². The summed E-state index contributed by atoms with van der Waals surface area (Å²) in [5.41, 5.74) is 2.61. The summed E-state index contributed by atoms with van der Waals surface area (Å²) < 4.78 is 0.655. The van der Waals surface area contributed by atoms with Crippen LogP contribution in [0.15, 0.2) is 34.4 Å². The van der Waals surface area contributed by atoms with Gasteiger partial charge in [0.2, 0.25) is 5.95 Å². The summed E-state index contributed by atoms with van der Waals surface area (Å²) in [6.07, 6.45) is 0.887. The van der Waals surface area contributed by atoms with Crippen molar-refractivity contribution in [3.8, 4) is 0 Å². The quantitative estimate of drug-likeness (QED) is 0.300. The number of halogens is 3. The minimum atomic E-state index is -0.104. The summed E-state index contributed by atoms with van der Waals surface area (Å²) >= 11 is 13.6. The zero-order valence-electron chi connectivity index (χ0n) is 14.6. The number of hydrogen-bond acceptors (Lipinski definition) is 5. The maximum absolute atomic E-state index is 11.9. The van der Waals surface area contributed by atoms with Gasteiger partial charge in [-0.2, -0.15) is 0 Å². The van der Waals surface area contributed by atoms with Gasteiger partial charge < -0.3 is 15.6 Å². The highest BCUT2D eigenvalue weighted by Crippen LogP contribution is 2.28. The molecule has 0 atom stereocenters. The highest BCUT2D eigenvalue weighted by atomic mass is 35.5. The molecule has 4 N–H and O–H groups in total. The van der Waals surface area contributed by atoms with Crippen molar-refractivity contribution in [1.29, 1.82) is 0 Å². The molecule has 0 bridgehead atoms. The molecule has 4 rings (SSSR count). The molecule has 0 saturated heterocycles. The van der Waals surface area contributed by atoms with Crippen molar-refractivity contribution in [2.24, 2.45) is 0 Å². The molecule has 0 unspecified atom stereocenters. The molecule has 0 fully saturated rings. The van der Waals surface area contributed by atoms with Crippen LogP contribution in [0.5, 0.6) is 0 Å². The zero-order chi connectivity index (χ0) is 18.8. The van der Waals surface area contributed by atoms with Gasteiger partial charge in [-0.25, -0.2) is 4.98 Å². The first-order valence-corrected chi connectivity index (χ1v) is 10.1. The van der Waals surface area contributed by atoms with Gasteiger partial charge in [-0.1, -0.05) is 23.2 Å². The monoisotopic (exact) mass is 457 g/mol. The van der Waals surface area contributed by atoms with Crippen molar-refractivity contribution >= 4 is 74.0 Å². The molecule has 0 saturated carbocycles. The van der Waals surface area contributed by atoms with Crippen LogP contribution in [0.4, 0.5) is 5.95 Å². The van der Waals surface area contributed by atoms with Crippen LogP contribution in [-0.2, 0) is 6.54 Å². The molecule has 148 valence electrons. The summed E-state index contributed by atoms with van der Waals surface area (Å²) in [6.45, 7) is 2.24. The number of aromatic amines is 2. The van der Waals surface area contributed by atoms with Crippen molar-refractivity contribution in [3.63, 3.8) is 0 Å². The first-order chi connectivity index (χ1) is 13.1. The molecule has 0 spiro atoms. The number of rotatable bonds is 7. The van der Waals surface area contributed by atoms with Gasteiger partial charge >= 0.3 is 0 Å². The predicted molar refractivity (Wildman–Crippen MR) is 121 cm³/mol. The van der Waals surface area contributed by atoms with E-state index in [4.69, 9.17) is 23.2 Å². The third kappa shape index (κ3) is 4.61. The maximum atomic E-state index is 11.9. The second kappa shape index (κ2) is 9.15. The fourth-order valence-corrected chi connectivity index (χ4v) is 4.19. The fourth-order valence-electron chi connectivity index (χ4n) is 2.91. The number of aromatic nitrogens is 3. The SMILES string of the molecule is Cl.O=c1[nH]c(NCCCNCc2cc3c(Cl)cc(Cl)cc3[nH]2)nc2ccsc12. The first kappa shape index (κ1) is 21.0. The van der Waals surface area contributed by atoms with E-state index in [1.54, 1.807) is 6.07 Å². The number of hydrogen-bond donors (Lipinski definition) is 4. The Morgan fingerprint density at radius 2 is 2.00 bits per heavy atom. The molecule has 10 heteroatoms. The van der Waals surface area contributed by atoms with Gasteiger partial charge in [0.25, 0.3) is 5.56 Å². The Kier molecular flexibility index (Phi) is 6.85. The van der Waals surface area contributed by atoms with Crippen molar-refractivity contribution < 1.29 is 0 Å². The normalized spacial score (nSPS) is 11.1. The Hall–Kier alpha value is -1.77. The molecular weight excluding hydrogens is 441 g/mol. The van der Waals surface area contributed by atoms with Crippen LogP contribution in [0.3, 0.4) is 0 Å². The molecular formula is C18H18Cl3N5OS. The van der Waals surface area contributed by atoms with Gasteiger partial charge in [-0.3, -0.25) is 9.78 Å². The van der Waals surface area contributed by atoms with Gasteiger partial charge in [0.05, 0.1) is 10.5 Å². The van der Waals surface area contributed by atoms with E-state index in [-0.39, 0.29) is 18.0 Å². The lowest BCUT2D eigenvalue weighted by Crippen LogP contribution is -2.19. The van der Waals surface area contributed by atoms with E-state index in [1.807, 2.05) is 23.6 Å². The molecule has 28 heavy (non-hydrogen) atoms. The van der Waals surface area contributed by atoms with Gasteiger partial charge in [-0.15, -0.1) is 23.7 Å². The van der Waals surface area contributed by atoms with Gasteiger partial charge in [-0.05, 0) is 42.6 Å². The van der Waals surface area contributed by atoms with E-state index in [2.05, 4.69) is 25.6 Å². The Morgan fingerprint density at radius 1 is 1.14 bits per heavy atom. The lowest BCUT2D eigenvalue weighted by Gasteiger charge is -2.06. The number of H-pyrrole nitrogens is 2. The van der Waals surface area contributed by atoms with Gasteiger partial charge in [0.15, 0.2) is 0 Å². The molecule has 1 aromatic carbocycles. The minimum Gasteiger partial charge on any atom is -0.357 e. The highest BCUT2D eigenvalue weighted by Gasteiger charge is 2.06. The predicted octanol–water partition coefficient (Wildman–Crippen LogP) is 4.79. The largest absolute Gasteiger partial charge is 0.357 e. The molecule has 0 radical (unpaired) electrons. The molecule has 0 amide bonds. The van der Waals surface area contributed by atoms with Crippen molar-refractivity contribution in [1.82, 2.24) is 20.3 Å². The molecule has 3 heterocycles. The minimum absolute atomic E-state index is 0. The van der Waals surface area contributed by atoms with E-state index < -0.39 is 0 Å². The molecule has 6 nitrogen and oxygen atoms in total. The Labute approximate surface area is 181 Å². The number of thiophene rings is 1. The van der Waals surface area contributed by atoms with Crippen LogP contribution >= 0.6 is 46.9 Å². The standard InChI is InChI=1S/C18H17Cl2N5OS.ClH/c19-10-6-13(20)12-8-11(23-15(12)7-10)9-21-3-1-4-22-18-24-14-2-5-27-16(14)17(26)25-18;/h2,5-8,21,23H,1,3-4,9H2,(H2,22,24,25,26);1H. The lowest BCUT2D eigenvalue weighted by atomic mass is 10.2. The van der Waals surface area contributed by atoms with E-state index in [0.717, 1.165) is 35.1 Å². The number of anilines is 1. The maximum Gasteiger partial charge on any atom is 0.270 e. The summed E-state index contributed by atoms with van der Waals surface area (Å²) in [5.74, 6) is 0.507. The Bertz CT molecular complexity index is 1150. The molecule has 0 aliphatic carbocycles. The van der Waals surface area contributed by atoms with E-state index in [9.17, 15) is 4.79 Å². The Balaban J connectivity index is 0.00000225. The van der Waals surface area contributed by atoms with Crippen LogP contribution in [0.25, 0.3) is 21.1 Å². The van der Waals surface area contributed by atoms with Crippen LogP contribution < -0.4 is 16.2 Å². The fraction of sp³-hybridized carbons (Fsp3) is 0.222. The average Bonchev–Trinajstić information content (AvgIpc) is 3.25. The number of fused-ring (bicyclic) bond motifs is 2. The number of benzene rings is 1. The first-order valence-electron chi connectivity index (χ1n) is 8.49. The topological polar surface area (TPSA) is 85.6 Å². The third-order valence-electron chi connectivity index (χ3n) is 4.16. The summed E-state index contributed by atoms with van der Waals surface area (Å²) in [5, 5.41) is 10.6. The van der Waals surface area contributed by atoms with Gasteiger partial charge in [0.1, 0.15) is 4.70 Å². The van der Waals surface area contributed by atoms with Crippen LogP contribution in [0.1, 0.15) is 12.1 Å². The van der Waals surface area contributed by atoms with Crippen molar-refractivity contribution in [3.05, 3.63) is 55.7 Å². The van der Waals surface area contributed by atoms with Crippen LogP contribution in [0.2, 0.25) is 10.0 Å². The second-order valence-electron chi connectivity index (χ2n) is 6.15. The van der Waals surface area contributed by atoms with Crippen LogP contribution in [0, 0.1) is 0 Å². The number of nitrogens with one attached hydrogen (secondary N) is 4. The number of nitrogens with zero attached hydrogens (tertiary/aromatic N) is 1. The molecule has 4 aromatic rings. The van der Waals surface area contributed by atoms with Crippen LogP contribution in [-0.4, -0.2) is 28.0 Å². The van der Waals surface area contributed by atoms with Crippen molar-refractivity contribution in [2.45, 2.75) is 13.0 Å². The lowest BCUT2D eigenvalue weighted by molar-refractivity contribution is 0.655. The molecule has 0 aliphatic heterocycles. The molecule has 0 aliphatic rings. The Morgan fingerprint density at radius 3 is 2.86 bits per heavy atom. The van der Waals surface area contributed by atoms with Gasteiger partial charge in [0, 0.05) is 34.7 Å². The van der Waals surface area contributed by atoms with E-state index >= 15 is 0 Å². The van der Waals surface area contributed by atoms with E-state index in [1.165, 1.54) is 11.3 Å². The summed E-state index contributed by atoms with van der Waals surface area (Å²) in [7, 11) is 0. The second-order valence-corrected chi connectivity index (χ2v) is 7.91. The smallest absolute Gasteiger partial charge is 0.270 e. The molecule has 3 aromatic heterocycles. The average molecular weight is 459 g/mol. The summed E-state index contributed by atoms with van der Waals surface area (Å²) in [4.78, 5) is 22.4. The highest BCUT2D eigenvalue weighted by molar-refractivity contribution is 7.17. The zero-order valence-corrected chi connectivity index (χ0v) is 17.8. The summed E-state index contributed by atoms with van der Waals surface area (Å²) in [6, 6.07) is 7.49. The third-order valence-corrected chi connectivity index (χ3v) is 5.59.